The largest absolute Gasteiger partial charge is 0.396 e. The minimum Gasteiger partial charge on any atom is -0.396 e. The van der Waals surface area contributed by atoms with Gasteiger partial charge in [0.05, 0.1) is 21.2 Å². The molecule has 0 atom stereocenters. The van der Waals surface area contributed by atoms with E-state index in [-0.39, 0.29) is 25.6 Å². The summed E-state index contributed by atoms with van der Waals surface area (Å²) in [5.41, 5.74) is 10.3. The third-order valence-corrected chi connectivity index (χ3v) is 5.74. The molecule has 11 heteroatoms. The molecule has 0 spiro atoms. The average Bonchev–Trinajstić information content (AvgIpc) is 2.45. The van der Waals surface area contributed by atoms with Crippen molar-refractivity contribution in [3.05, 3.63) is 46.4 Å². The van der Waals surface area contributed by atoms with Crippen LogP contribution in [0.5, 0.6) is 0 Å². The summed E-state index contributed by atoms with van der Waals surface area (Å²) in [5.74, 6) is -1.45. The van der Waals surface area contributed by atoms with Gasteiger partial charge in [0.2, 0.25) is 0 Å². The van der Waals surface area contributed by atoms with E-state index in [1.807, 2.05) is 0 Å². The highest BCUT2D eigenvalue weighted by Gasteiger charge is 2.12. The summed E-state index contributed by atoms with van der Waals surface area (Å²) >= 11 is 2.96. The molecule has 138 valence electrons. The first-order valence-corrected chi connectivity index (χ1v) is 11.0. The highest BCUT2D eigenvalue weighted by molar-refractivity contribution is 9.10. The first-order chi connectivity index (χ1) is 11.2. The molecule has 2 aromatic carbocycles. The molecule has 0 aliphatic heterocycles. The molecule has 0 saturated heterocycles. The van der Waals surface area contributed by atoms with Gasteiger partial charge in [-0.25, -0.2) is 25.6 Å². The molecule has 4 N–H and O–H groups in total. The number of rotatable bonds is 2. The van der Waals surface area contributed by atoms with Gasteiger partial charge < -0.3 is 11.5 Å². The van der Waals surface area contributed by atoms with Crippen molar-refractivity contribution in [2.45, 2.75) is 9.79 Å². The van der Waals surface area contributed by atoms with Crippen molar-refractivity contribution in [3.63, 3.8) is 0 Å². The molecule has 0 unspecified atom stereocenters. The molecule has 25 heavy (non-hydrogen) atoms. The van der Waals surface area contributed by atoms with Crippen molar-refractivity contribution in [3.8, 4) is 0 Å². The van der Waals surface area contributed by atoms with E-state index < -0.39 is 31.3 Å². The van der Waals surface area contributed by atoms with Gasteiger partial charge in [-0.2, -0.15) is 0 Å². The van der Waals surface area contributed by atoms with Crippen LogP contribution in [0.15, 0.2) is 44.6 Å². The fraction of sp³-hybridized carbons (Fsp3) is 0.143. The predicted molar refractivity (Wildman–Crippen MR) is 95.5 cm³/mol. The summed E-state index contributed by atoms with van der Waals surface area (Å²) in [6, 6.07) is 5.58. The lowest BCUT2D eigenvalue weighted by atomic mass is 10.3. The van der Waals surface area contributed by atoms with E-state index in [2.05, 4.69) is 15.9 Å². The maximum atomic E-state index is 13.0. The Morgan fingerprint density at radius 2 is 1.32 bits per heavy atom. The molecule has 0 aromatic heterocycles. The van der Waals surface area contributed by atoms with E-state index in [1.54, 1.807) is 0 Å². The molecule has 0 amide bonds. The molecule has 0 fully saturated rings. The van der Waals surface area contributed by atoms with E-state index in [0.717, 1.165) is 24.6 Å². The van der Waals surface area contributed by atoms with Gasteiger partial charge in [0.25, 0.3) is 0 Å². The molecular formula is C14H15BrF2N2O4S2. The molecule has 2 aromatic rings. The number of halogens is 3. The van der Waals surface area contributed by atoms with Gasteiger partial charge in [0.15, 0.2) is 19.7 Å². The smallest absolute Gasteiger partial charge is 0.175 e. The highest BCUT2D eigenvalue weighted by Crippen LogP contribution is 2.26. The molecule has 0 heterocycles. The zero-order chi connectivity index (χ0) is 19.6. The van der Waals surface area contributed by atoms with Crippen molar-refractivity contribution in [1.29, 1.82) is 0 Å². The Morgan fingerprint density at radius 1 is 0.840 bits per heavy atom. The lowest BCUT2D eigenvalue weighted by Gasteiger charge is -2.03. The number of anilines is 2. The molecule has 0 saturated carbocycles. The lowest BCUT2D eigenvalue weighted by molar-refractivity contribution is 0.595. The van der Waals surface area contributed by atoms with Gasteiger partial charge >= 0.3 is 0 Å². The Balaban J connectivity index is 0.000000251. The minimum atomic E-state index is -3.39. The minimum absolute atomic E-state index is 0.0533. The molecule has 0 bridgehead atoms. The van der Waals surface area contributed by atoms with Crippen LogP contribution < -0.4 is 11.5 Å². The average molecular weight is 457 g/mol. The summed E-state index contributed by atoms with van der Waals surface area (Å²) in [6.07, 6.45) is 2.02. The molecule has 6 nitrogen and oxygen atoms in total. The van der Waals surface area contributed by atoms with Crippen LogP contribution in [0.2, 0.25) is 0 Å². The van der Waals surface area contributed by atoms with E-state index >= 15 is 0 Å². The summed E-state index contributed by atoms with van der Waals surface area (Å²) in [5, 5.41) is 0. The second-order valence-electron chi connectivity index (χ2n) is 5.03. The topological polar surface area (TPSA) is 120 Å². The molecule has 0 radical (unpaired) electrons. The molecule has 2 rings (SSSR count). The Kier molecular flexibility index (Phi) is 6.54. The zero-order valence-corrected chi connectivity index (χ0v) is 16.3. The van der Waals surface area contributed by atoms with Gasteiger partial charge in [-0.05, 0) is 46.3 Å². The Hall–Kier alpha value is -1.72. The second-order valence-corrected chi connectivity index (χ2v) is 9.91. The Morgan fingerprint density at radius 3 is 1.72 bits per heavy atom. The first-order valence-electron chi connectivity index (χ1n) is 6.43. The maximum Gasteiger partial charge on any atom is 0.175 e. The second kappa shape index (κ2) is 7.67. The zero-order valence-electron chi connectivity index (χ0n) is 13.1. The van der Waals surface area contributed by atoms with E-state index in [9.17, 15) is 25.6 Å². The number of nitrogens with two attached hydrogens (primary N) is 2. The van der Waals surface area contributed by atoms with Gasteiger partial charge in [-0.3, -0.25) is 0 Å². The molecular weight excluding hydrogens is 442 g/mol. The van der Waals surface area contributed by atoms with Crippen LogP contribution in [0, 0.1) is 11.6 Å². The standard InChI is InChI=1S/C7H7BrFNO2S.C7H8FNO2S/c1-13(11,12)4-2-5(8)7(10)6(9)3-4;1-12(10,11)5-2-3-7(9)6(8)4-5/h2-3H,10H2,1H3;2-4H,9H2,1H3. The van der Waals surface area contributed by atoms with Gasteiger partial charge in [0.1, 0.15) is 11.6 Å². The summed E-state index contributed by atoms with van der Waals surface area (Å²) in [4.78, 5) is -0.153. The predicted octanol–water partition coefficient (Wildman–Crippen LogP) is 2.39. The van der Waals surface area contributed by atoms with E-state index in [1.165, 1.54) is 18.2 Å². The number of hydrogen-bond acceptors (Lipinski definition) is 6. The molecule has 0 aliphatic carbocycles. The van der Waals surface area contributed by atoms with Crippen molar-refractivity contribution in [2.75, 3.05) is 24.0 Å². The van der Waals surface area contributed by atoms with Crippen LogP contribution in [0.4, 0.5) is 20.2 Å². The quantitative estimate of drug-likeness (QED) is 0.669. The Labute approximate surface area is 152 Å². The lowest BCUT2D eigenvalue weighted by Crippen LogP contribution is -2.00. The first kappa shape index (κ1) is 21.3. The maximum absolute atomic E-state index is 13.0. The van der Waals surface area contributed by atoms with Crippen molar-refractivity contribution in [1.82, 2.24) is 0 Å². The van der Waals surface area contributed by atoms with Gasteiger partial charge in [-0.15, -0.1) is 0 Å². The third-order valence-electron chi connectivity index (χ3n) is 2.88. The van der Waals surface area contributed by atoms with E-state index in [4.69, 9.17) is 11.5 Å². The normalized spacial score (nSPS) is 11.6. The summed E-state index contributed by atoms with van der Waals surface area (Å²) < 4.78 is 69.7. The third kappa shape index (κ3) is 5.94. The highest BCUT2D eigenvalue weighted by atomic mass is 79.9. The van der Waals surface area contributed by atoms with Crippen LogP contribution in [0.25, 0.3) is 0 Å². The van der Waals surface area contributed by atoms with Crippen LogP contribution >= 0.6 is 15.9 Å². The van der Waals surface area contributed by atoms with Crippen molar-refractivity contribution in [2.24, 2.45) is 0 Å². The number of nitrogen functional groups attached to an aromatic ring is 2. The van der Waals surface area contributed by atoms with E-state index in [0.29, 0.717) is 0 Å². The summed E-state index contributed by atoms with van der Waals surface area (Å²) in [7, 11) is -6.73. The monoisotopic (exact) mass is 456 g/mol. The van der Waals surface area contributed by atoms with Gasteiger partial charge in [0, 0.05) is 17.0 Å². The van der Waals surface area contributed by atoms with Crippen LogP contribution in [-0.4, -0.2) is 29.3 Å². The Bertz CT molecular complexity index is 986. The number of hydrogen-bond donors (Lipinski definition) is 2. The van der Waals surface area contributed by atoms with Crippen molar-refractivity contribution >= 4 is 47.0 Å². The number of benzene rings is 2. The SMILES string of the molecule is CS(=O)(=O)c1cc(F)c(N)c(Br)c1.CS(=O)(=O)c1ccc(N)c(F)c1. The fourth-order valence-corrected chi connectivity index (χ4v) is 3.38. The number of sulfone groups is 2. The van der Waals surface area contributed by atoms with Crippen molar-refractivity contribution < 1.29 is 25.6 Å². The molecule has 0 aliphatic rings. The summed E-state index contributed by atoms with van der Waals surface area (Å²) in [6.45, 7) is 0. The fourth-order valence-electron chi connectivity index (χ4n) is 1.51. The van der Waals surface area contributed by atoms with Crippen LogP contribution in [-0.2, 0) is 19.7 Å². The van der Waals surface area contributed by atoms with Crippen LogP contribution in [0.3, 0.4) is 0 Å². The van der Waals surface area contributed by atoms with Crippen LogP contribution in [0.1, 0.15) is 0 Å². The van der Waals surface area contributed by atoms with Gasteiger partial charge in [-0.1, -0.05) is 0 Å².